The summed E-state index contributed by atoms with van der Waals surface area (Å²) in [4.78, 5) is 13.7. The lowest BCUT2D eigenvalue weighted by molar-refractivity contribution is -0.121. The summed E-state index contributed by atoms with van der Waals surface area (Å²) < 4.78 is 1.75. The van der Waals surface area contributed by atoms with E-state index in [9.17, 15) is 4.79 Å². The number of halogens is 1. The van der Waals surface area contributed by atoms with E-state index in [4.69, 9.17) is 11.6 Å². The molecule has 0 aliphatic carbocycles. The first kappa shape index (κ1) is 15.0. The van der Waals surface area contributed by atoms with Crippen molar-refractivity contribution in [1.29, 1.82) is 0 Å². The van der Waals surface area contributed by atoms with Crippen LogP contribution in [0.2, 0.25) is 5.02 Å². The first-order valence-electron chi connectivity index (χ1n) is 6.10. The van der Waals surface area contributed by atoms with Crippen molar-refractivity contribution in [1.82, 2.24) is 20.0 Å². The number of hydrogen-bond acceptors (Lipinski definition) is 3. The lowest BCUT2D eigenvalue weighted by atomic mass is 10.3. The minimum Gasteiger partial charge on any atom is -0.356 e. The summed E-state index contributed by atoms with van der Waals surface area (Å²) in [5, 5.41) is 7.64. The molecule has 0 saturated carbocycles. The third-order valence-electron chi connectivity index (χ3n) is 2.70. The molecule has 102 valence electrons. The summed E-state index contributed by atoms with van der Waals surface area (Å²) in [5.41, 5.74) is 0.900. The van der Waals surface area contributed by atoms with Crippen LogP contribution in [-0.4, -0.2) is 47.8 Å². The molecule has 1 N–H and O–H groups in total. The molecule has 1 rings (SSSR count). The third-order valence-corrected chi connectivity index (χ3v) is 3.07. The molecule has 0 aromatic carbocycles. The predicted molar refractivity (Wildman–Crippen MR) is 72.8 cm³/mol. The van der Waals surface area contributed by atoms with Crippen molar-refractivity contribution in [3.63, 3.8) is 0 Å². The monoisotopic (exact) mass is 272 g/mol. The van der Waals surface area contributed by atoms with Crippen LogP contribution in [-0.2, 0) is 11.3 Å². The highest BCUT2D eigenvalue weighted by Crippen LogP contribution is 2.13. The van der Waals surface area contributed by atoms with Gasteiger partial charge in [0, 0.05) is 13.0 Å². The van der Waals surface area contributed by atoms with Crippen molar-refractivity contribution >= 4 is 17.5 Å². The summed E-state index contributed by atoms with van der Waals surface area (Å²) in [7, 11) is 4.04. The fourth-order valence-electron chi connectivity index (χ4n) is 1.57. The molecule has 5 nitrogen and oxygen atoms in total. The van der Waals surface area contributed by atoms with Crippen LogP contribution in [0.25, 0.3) is 0 Å². The van der Waals surface area contributed by atoms with Crippen LogP contribution in [0, 0.1) is 6.92 Å². The molecule has 1 heterocycles. The Morgan fingerprint density at radius 3 is 2.83 bits per heavy atom. The van der Waals surface area contributed by atoms with Gasteiger partial charge in [-0.05, 0) is 34.0 Å². The maximum absolute atomic E-state index is 11.6. The van der Waals surface area contributed by atoms with Gasteiger partial charge in [-0.2, -0.15) is 5.10 Å². The number of carbonyl (C=O) groups is 1. The number of aryl methyl sites for hydroxylation is 1. The summed E-state index contributed by atoms with van der Waals surface area (Å²) in [5.74, 6) is 0.0554. The van der Waals surface area contributed by atoms with Crippen LogP contribution in [0.3, 0.4) is 0 Å². The number of nitrogens with one attached hydrogen (secondary N) is 1. The maximum Gasteiger partial charge on any atom is 0.221 e. The first-order valence-corrected chi connectivity index (χ1v) is 6.48. The molecule has 0 spiro atoms. The Morgan fingerprint density at radius 2 is 2.28 bits per heavy atom. The van der Waals surface area contributed by atoms with Crippen LogP contribution in [0.1, 0.15) is 18.5 Å². The minimum atomic E-state index is 0.0554. The molecule has 0 atom stereocenters. The van der Waals surface area contributed by atoms with E-state index in [0.29, 0.717) is 18.0 Å². The molecular formula is C12H21ClN4O. The molecule has 18 heavy (non-hydrogen) atoms. The summed E-state index contributed by atoms with van der Waals surface area (Å²) in [6, 6.07) is 0. The van der Waals surface area contributed by atoms with Gasteiger partial charge in [0.1, 0.15) is 0 Å². The van der Waals surface area contributed by atoms with Gasteiger partial charge >= 0.3 is 0 Å². The SMILES string of the molecule is Cc1c(Cl)cnn1CCC(=O)NCCCN(C)C. The fraction of sp³-hybridized carbons (Fsp3) is 0.667. The highest BCUT2D eigenvalue weighted by molar-refractivity contribution is 6.31. The Labute approximate surface area is 113 Å². The van der Waals surface area contributed by atoms with Crippen molar-refractivity contribution in [3.8, 4) is 0 Å². The molecule has 0 aliphatic heterocycles. The van der Waals surface area contributed by atoms with Crippen molar-refractivity contribution in [2.45, 2.75) is 26.3 Å². The molecule has 0 saturated heterocycles. The van der Waals surface area contributed by atoms with E-state index >= 15 is 0 Å². The van der Waals surface area contributed by atoms with Gasteiger partial charge in [-0.1, -0.05) is 11.6 Å². The van der Waals surface area contributed by atoms with Gasteiger partial charge in [0.2, 0.25) is 5.91 Å². The summed E-state index contributed by atoms with van der Waals surface area (Å²) in [6.45, 7) is 4.16. The van der Waals surface area contributed by atoms with Crippen LogP contribution in [0.5, 0.6) is 0 Å². The van der Waals surface area contributed by atoms with Gasteiger partial charge in [0.25, 0.3) is 0 Å². The average Bonchev–Trinajstić information content (AvgIpc) is 2.63. The molecule has 1 amide bonds. The number of carbonyl (C=O) groups excluding carboxylic acids is 1. The fourth-order valence-corrected chi connectivity index (χ4v) is 1.71. The van der Waals surface area contributed by atoms with E-state index in [2.05, 4.69) is 15.3 Å². The Kier molecular flexibility index (Phi) is 6.15. The van der Waals surface area contributed by atoms with E-state index in [0.717, 1.165) is 25.2 Å². The third kappa shape index (κ3) is 5.06. The molecule has 0 radical (unpaired) electrons. The minimum absolute atomic E-state index is 0.0554. The molecule has 6 heteroatoms. The van der Waals surface area contributed by atoms with E-state index < -0.39 is 0 Å². The van der Waals surface area contributed by atoms with E-state index in [1.165, 1.54) is 0 Å². The van der Waals surface area contributed by atoms with Gasteiger partial charge in [-0.25, -0.2) is 0 Å². The Bertz CT molecular complexity index is 389. The smallest absolute Gasteiger partial charge is 0.221 e. The second kappa shape index (κ2) is 7.38. The van der Waals surface area contributed by atoms with Crippen LogP contribution in [0.15, 0.2) is 6.20 Å². The summed E-state index contributed by atoms with van der Waals surface area (Å²) in [6.07, 6.45) is 3.00. The van der Waals surface area contributed by atoms with E-state index in [1.807, 2.05) is 21.0 Å². The highest BCUT2D eigenvalue weighted by Gasteiger charge is 2.06. The zero-order chi connectivity index (χ0) is 13.5. The van der Waals surface area contributed by atoms with Crippen LogP contribution < -0.4 is 5.32 Å². The topological polar surface area (TPSA) is 50.2 Å². The predicted octanol–water partition coefficient (Wildman–Crippen LogP) is 1.30. The molecule has 0 unspecified atom stereocenters. The van der Waals surface area contributed by atoms with E-state index in [1.54, 1.807) is 10.9 Å². The molecule has 1 aromatic heterocycles. The zero-order valence-electron chi connectivity index (χ0n) is 11.2. The lowest BCUT2D eigenvalue weighted by Gasteiger charge is -2.10. The molecule has 0 fully saturated rings. The van der Waals surface area contributed by atoms with Crippen molar-refractivity contribution in [3.05, 3.63) is 16.9 Å². The van der Waals surface area contributed by atoms with Crippen LogP contribution >= 0.6 is 11.6 Å². The van der Waals surface area contributed by atoms with Crippen molar-refractivity contribution < 1.29 is 4.79 Å². The normalized spacial score (nSPS) is 10.9. The molecule has 0 aliphatic rings. The molecular weight excluding hydrogens is 252 g/mol. The lowest BCUT2D eigenvalue weighted by Crippen LogP contribution is -2.28. The van der Waals surface area contributed by atoms with E-state index in [-0.39, 0.29) is 5.91 Å². The number of hydrogen-bond donors (Lipinski definition) is 1. The quantitative estimate of drug-likeness (QED) is 0.762. The van der Waals surface area contributed by atoms with Gasteiger partial charge in [0.15, 0.2) is 0 Å². The standard InChI is InChI=1S/C12H21ClN4O/c1-10-11(13)9-15-17(10)8-5-12(18)14-6-4-7-16(2)3/h9H,4-8H2,1-3H3,(H,14,18). The number of nitrogens with zero attached hydrogens (tertiary/aromatic N) is 3. The zero-order valence-corrected chi connectivity index (χ0v) is 12.0. The number of rotatable bonds is 7. The molecule has 1 aromatic rings. The van der Waals surface area contributed by atoms with Gasteiger partial charge < -0.3 is 10.2 Å². The Balaban J connectivity index is 2.19. The second-order valence-corrected chi connectivity index (χ2v) is 4.97. The van der Waals surface area contributed by atoms with Gasteiger partial charge in [-0.3, -0.25) is 9.48 Å². The maximum atomic E-state index is 11.6. The largest absolute Gasteiger partial charge is 0.356 e. The van der Waals surface area contributed by atoms with Crippen molar-refractivity contribution in [2.24, 2.45) is 0 Å². The Morgan fingerprint density at radius 1 is 1.56 bits per heavy atom. The average molecular weight is 273 g/mol. The van der Waals surface area contributed by atoms with Crippen molar-refractivity contribution in [2.75, 3.05) is 27.2 Å². The highest BCUT2D eigenvalue weighted by atomic mass is 35.5. The number of amides is 1. The Hall–Kier alpha value is -1.07. The summed E-state index contributed by atoms with van der Waals surface area (Å²) >= 11 is 5.89. The second-order valence-electron chi connectivity index (χ2n) is 4.56. The van der Waals surface area contributed by atoms with Gasteiger partial charge in [-0.15, -0.1) is 0 Å². The van der Waals surface area contributed by atoms with Gasteiger partial charge in [0.05, 0.1) is 23.5 Å². The molecule has 0 bridgehead atoms. The number of aromatic nitrogens is 2. The first-order chi connectivity index (χ1) is 8.50. The van der Waals surface area contributed by atoms with Crippen LogP contribution in [0.4, 0.5) is 0 Å².